The van der Waals surface area contributed by atoms with Crippen LogP contribution in [0.4, 0.5) is 0 Å². The van der Waals surface area contributed by atoms with Crippen LogP contribution in [0.25, 0.3) is 10.4 Å². The molecule has 100 valence electrons. The van der Waals surface area contributed by atoms with Crippen molar-refractivity contribution in [1.29, 1.82) is 0 Å². The molecule has 1 aliphatic rings. The largest absolute Gasteiger partial charge is 0.469 e. The maximum atomic E-state index is 11.9. The van der Waals surface area contributed by atoms with E-state index in [-0.39, 0.29) is 6.42 Å². The Morgan fingerprint density at radius 1 is 1.67 bits per heavy atom. The van der Waals surface area contributed by atoms with Crippen LogP contribution in [0.3, 0.4) is 0 Å². The lowest BCUT2D eigenvalue weighted by Gasteiger charge is -2.32. The Morgan fingerprint density at radius 3 is 2.89 bits per heavy atom. The molecule has 1 aliphatic carbocycles. The van der Waals surface area contributed by atoms with E-state index < -0.39 is 29.3 Å². The summed E-state index contributed by atoms with van der Waals surface area (Å²) >= 11 is 0. The van der Waals surface area contributed by atoms with E-state index in [0.29, 0.717) is 19.3 Å². The Labute approximate surface area is 105 Å². The molecule has 0 bridgehead atoms. The second kappa shape index (κ2) is 5.84. The molecule has 0 aliphatic heterocycles. The van der Waals surface area contributed by atoms with Crippen LogP contribution in [0.2, 0.25) is 0 Å². The van der Waals surface area contributed by atoms with Gasteiger partial charge in [-0.15, -0.1) is 0 Å². The first kappa shape index (κ1) is 14.5. The lowest BCUT2D eigenvalue weighted by molar-refractivity contribution is -0.146. The number of esters is 1. The minimum absolute atomic E-state index is 0.372. The highest BCUT2D eigenvalue weighted by atomic mass is 16.5. The van der Waals surface area contributed by atoms with E-state index in [2.05, 4.69) is 14.8 Å². The van der Waals surface area contributed by atoms with Crippen molar-refractivity contribution in [3.05, 3.63) is 10.4 Å². The van der Waals surface area contributed by atoms with Gasteiger partial charge in [0.05, 0.1) is 18.8 Å². The first-order valence-corrected chi connectivity index (χ1v) is 5.81. The molecule has 3 atom stereocenters. The number of Topliss-reactive ketones (excluding diaryl/α,β-unsaturated/α-hetero) is 1. The van der Waals surface area contributed by atoms with E-state index in [1.54, 1.807) is 6.92 Å². The summed E-state index contributed by atoms with van der Waals surface area (Å²) in [6.07, 6.45) is 1.26. The zero-order chi connectivity index (χ0) is 13.8. The summed E-state index contributed by atoms with van der Waals surface area (Å²) in [5.74, 6) is -1.78. The van der Waals surface area contributed by atoms with Crippen molar-refractivity contribution >= 4 is 11.8 Å². The number of hydrogen-bond acceptors (Lipinski definition) is 5. The summed E-state index contributed by atoms with van der Waals surface area (Å²) in [5.41, 5.74) is 7.10. The summed E-state index contributed by atoms with van der Waals surface area (Å²) < 4.78 is 4.42. The third-order valence-corrected chi connectivity index (χ3v) is 3.60. The van der Waals surface area contributed by atoms with Gasteiger partial charge < -0.3 is 9.84 Å². The first-order chi connectivity index (χ1) is 8.45. The molecule has 7 heteroatoms. The summed E-state index contributed by atoms with van der Waals surface area (Å²) in [7, 11) is 1.20. The highest BCUT2D eigenvalue weighted by Crippen LogP contribution is 2.39. The minimum Gasteiger partial charge on any atom is -0.469 e. The van der Waals surface area contributed by atoms with Gasteiger partial charge in [-0.05, 0) is 18.4 Å². The maximum absolute atomic E-state index is 11.9. The molecule has 0 aromatic carbocycles. The van der Waals surface area contributed by atoms with Crippen LogP contribution in [0, 0.1) is 5.92 Å². The van der Waals surface area contributed by atoms with Crippen LogP contribution in [-0.4, -0.2) is 35.6 Å². The molecule has 7 nitrogen and oxygen atoms in total. The molecule has 0 heterocycles. The lowest BCUT2D eigenvalue weighted by Crippen LogP contribution is -2.46. The van der Waals surface area contributed by atoms with Gasteiger partial charge in [-0.3, -0.25) is 9.59 Å². The normalized spacial score (nSPS) is 28.3. The van der Waals surface area contributed by atoms with Crippen molar-refractivity contribution in [1.82, 2.24) is 0 Å². The van der Waals surface area contributed by atoms with Crippen LogP contribution in [-0.2, 0) is 14.3 Å². The lowest BCUT2D eigenvalue weighted by atomic mass is 9.81. The number of ketones is 1. The van der Waals surface area contributed by atoms with Crippen molar-refractivity contribution in [3.63, 3.8) is 0 Å². The SMILES string of the molecule is COC(=O)CC(=O)C(C)C1(O)CCCC1N=[N+]=[N-]. The molecule has 0 amide bonds. The van der Waals surface area contributed by atoms with Crippen molar-refractivity contribution < 1.29 is 19.4 Å². The Hall–Kier alpha value is -1.59. The molecule has 1 saturated carbocycles. The van der Waals surface area contributed by atoms with Crippen molar-refractivity contribution in [2.45, 2.75) is 44.2 Å². The molecule has 1 rings (SSSR count). The van der Waals surface area contributed by atoms with Crippen LogP contribution >= 0.6 is 0 Å². The number of aliphatic hydroxyl groups is 1. The standard InChI is InChI=1S/C11H17N3O4/c1-7(8(15)6-10(16)18-2)11(17)5-3-4-9(11)13-14-12/h7,9,17H,3-6H2,1-2H3. The second-order valence-corrected chi connectivity index (χ2v) is 4.55. The molecule has 0 radical (unpaired) electrons. The fraction of sp³-hybridized carbons (Fsp3) is 0.818. The molecule has 0 aromatic heterocycles. The van der Waals surface area contributed by atoms with Crippen molar-refractivity contribution in [3.8, 4) is 0 Å². The molecule has 0 spiro atoms. The van der Waals surface area contributed by atoms with Gasteiger partial charge in [0.2, 0.25) is 0 Å². The van der Waals surface area contributed by atoms with Gasteiger partial charge in [-0.2, -0.15) is 0 Å². The molecular weight excluding hydrogens is 238 g/mol. The van der Waals surface area contributed by atoms with Crippen LogP contribution in [0.15, 0.2) is 5.11 Å². The van der Waals surface area contributed by atoms with Gasteiger partial charge in [0.15, 0.2) is 0 Å². The van der Waals surface area contributed by atoms with Crippen molar-refractivity contribution in [2.75, 3.05) is 7.11 Å². The third kappa shape index (κ3) is 2.80. The zero-order valence-electron chi connectivity index (χ0n) is 10.5. The van der Waals surface area contributed by atoms with Gasteiger partial charge >= 0.3 is 5.97 Å². The average molecular weight is 255 g/mol. The number of rotatable bonds is 5. The Morgan fingerprint density at radius 2 is 2.33 bits per heavy atom. The van der Waals surface area contributed by atoms with Crippen LogP contribution in [0.5, 0.6) is 0 Å². The van der Waals surface area contributed by atoms with Gasteiger partial charge in [-0.1, -0.05) is 18.5 Å². The highest BCUT2D eigenvalue weighted by Gasteiger charge is 2.47. The minimum atomic E-state index is -1.35. The van der Waals surface area contributed by atoms with Crippen LogP contribution in [0.1, 0.15) is 32.6 Å². The monoisotopic (exact) mass is 255 g/mol. The molecule has 18 heavy (non-hydrogen) atoms. The number of carbonyl (C=O) groups excluding carboxylic acids is 2. The van der Waals surface area contributed by atoms with E-state index in [1.165, 1.54) is 7.11 Å². The molecule has 1 fully saturated rings. The van der Waals surface area contributed by atoms with E-state index in [1.807, 2.05) is 0 Å². The average Bonchev–Trinajstić information content (AvgIpc) is 2.71. The Bertz CT molecular complexity index is 392. The number of carbonyl (C=O) groups is 2. The number of hydrogen-bond donors (Lipinski definition) is 1. The Balaban J connectivity index is 2.80. The molecule has 1 N–H and O–H groups in total. The number of methoxy groups -OCH3 is 1. The van der Waals surface area contributed by atoms with E-state index in [4.69, 9.17) is 5.53 Å². The predicted molar refractivity (Wildman–Crippen MR) is 62.5 cm³/mol. The topological polar surface area (TPSA) is 112 Å². The van der Waals surface area contributed by atoms with Gasteiger partial charge in [0.1, 0.15) is 12.2 Å². The third-order valence-electron chi connectivity index (χ3n) is 3.60. The number of azide groups is 1. The van der Waals surface area contributed by atoms with Gasteiger partial charge in [-0.25, -0.2) is 0 Å². The fourth-order valence-electron chi connectivity index (χ4n) is 2.37. The van der Waals surface area contributed by atoms with Crippen LogP contribution < -0.4 is 0 Å². The Kier molecular flexibility index (Phi) is 4.69. The quantitative estimate of drug-likeness (QED) is 0.262. The fourth-order valence-corrected chi connectivity index (χ4v) is 2.37. The predicted octanol–water partition coefficient (Wildman–Crippen LogP) is 1.35. The number of ether oxygens (including phenoxy) is 1. The van der Waals surface area contributed by atoms with E-state index in [9.17, 15) is 14.7 Å². The van der Waals surface area contributed by atoms with E-state index >= 15 is 0 Å². The summed E-state index contributed by atoms with van der Waals surface area (Å²) in [6.45, 7) is 1.55. The summed E-state index contributed by atoms with van der Waals surface area (Å²) in [6, 6.07) is -0.612. The highest BCUT2D eigenvalue weighted by molar-refractivity contribution is 5.97. The maximum Gasteiger partial charge on any atom is 0.313 e. The smallest absolute Gasteiger partial charge is 0.313 e. The summed E-state index contributed by atoms with van der Waals surface area (Å²) in [4.78, 5) is 25.6. The summed E-state index contributed by atoms with van der Waals surface area (Å²) in [5, 5.41) is 14.0. The van der Waals surface area contributed by atoms with E-state index in [0.717, 1.165) is 0 Å². The molecular formula is C11H17N3O4. The van der Waals surface area contributed by atoms with Gasteiger partial charge in [0.25, 0.3) is 0 Å². The number of nitrogens with zero attached hydrogens (tertiary/aromatic N) is 3. The first-order valence-electron chi connectivity index (χ1n) is 5.81. The second-order valence-electron chi connectivity index (χ2n) is 4.55. The van der Waals surface area contributed by atoms with Gasteiger partial charge in [0, 0.05) is 10.8 Å². The molecule has 0 aromatic rings. The molecule has 3 unspecified atom stereocenters. The zero-order valence-corrected chi connectivity index (χ0v) is 10.5. The molecule has 0 saturated heterocycles. The van der Waals surface area contributed by atoms with Crippen molar-refractivity contribution in [2.24, 2.45) is 11.0 Å².